The fourth-order valence-corrected chi connectivity index (χ4v) is 3.73. The number of carbonyl (C=O) groups excluding carboxylic acids is 1. The summed E-state index contributed by atoms with van der Waals surface area (Å²) in [5, 5.41) is 5.84. The molecule has 0 fully saturated rings. The number of para-hydroxylation sites is 1. The Bertz CT molecular complexity index is 1200. The molecule has 2 N–H and O–H groups in total. The minimum Gasteiger partial charge on any atom is -0.309 e. The molecule has 1 amide bonds. The van der Waals surface area contributed by atoms with Gasteiger partial charge in [-0.3, -0.25) is 14.5 Å². The monoisotopic (exact) mass is 405 g/mol. The van der Waals surface area contributed by atoms with E-state index in [2.05, 4.69) is 20.3 Å². The van der Waals surface area contributed by atoms with Crippen LogP contribution in [-0.4, -0.2) is 39.4 Å². The van der Waals surface area contributed by atoms with Gasteiger partial charge in [0.15, 0.2) is 5.13 Å². The Morgan fingerprint density at radius 1 is 1.10 bits per heavy atom. The number of amides is 1. The highest BCUT2D eigenvalue weighted by Gasteiger charge is 2.12. The van der Waals surface area contributed by atoms with Gasteiger partial charge in [-0.2, -0.15) is 0 Å². The number of aromatic nitrogens is 3. The molecule has 2 aromatic carbocycles. The van der Waals surface area contributed by atoms with Crippen LogP contribution < -0.4 is 10.9 Å². The number of rotatable bonds is 6. The number of fused-ring (bicyclic) bond motifs is 1. The largest absolute Gasteiger partial charge is 0.309 e. The summed E-state index contributed by atoms with van der Waals surface area (Å²) in [5.41, 5.74) is 2.30. The molecule has 2 heterocycles. The van der Waals surface area contributed by atoms with Gasteiger partial charge < -0.3 is 10.3 Å². The van der Waals surface area contributed by atoms with E-state index in [9.17, 15) is 9.59 Å². The molecule has 0 aliphatic rings. The topological polar surface area (TPSA) is 91.0 Å². The van der Waals surface area contributed by atoms with E-state index in [-0.39, 0.29) is 18.0 Å². The van der Waals surface area contributed by atoms with Crippen LogP contribution in [0.1, 0.15) is 5.82 Å². The Kier molecular flexibility index (Phi) is 5.46. The van der Waals surface area contributed by atoms with Crippen LogP contribution in [0.2, 0.25) is 0 Å². The number of anilines is 1. The maximum atomic E-state index is 12.4. The Labute approximate surface area is 171 Å². The molecule has 0 atom stereocenters. The van der Waals surface area contributed by atoms with Crippen LogP contribution in [0.3, 0.4) is 0 Å². The minimum absolute atomic E-state index is 0.150. The van der Waals surface area contributed by atoms with Gasteiger partial charge in [-0.15, -0.1) is 11.3 Å². The summed E-state index contributed by atoms with van der Waals surface area (Å²) in [6, 6.07) is 17.0. The summed E-state index contributed by atoms with van der Waals surface area (Å²) >= 11 is 1.39. The molecule has 0 spiro atoms. The van der Waals surface area contributed by atoms with E-state index in [4.69, 9.17) is 0 Å². The Hall–Kier alpha value is -3.36. The van der Waals surface area contributed by atoms with Crippen molar-refractivity contribution in [2.45, 2.75) is 6.54 Å². The van der Waals surface area contributed by atoms with Crippen molar-refractivity contribution in [2.24, 2.45) is 0 Å². The highest BCUT2D eigenvalue weighted by molar-refractivity contribution is 7.14. The number of hydrogen-bond acceptors (Lipinski definition) is 6. The third-order valence-electron chi connectivity index (χ3n) is 4.32. The normalized spacial score (nSPS) is 11.1. The van der Waals surface area contributed by atoms with Crippen LogP contribution in [0.5, 0.6) is 0 Å². The number of nitrogens with zero attached hydrogens (tertiary/aromatic N) is 3. The van der Waals surface area contributed by atoms with Crippen LogP contribution in [0.15, 0.2) is 64.8 Å². The standard InChI is InChI=1S/C21H19N5O2S/c1-26(11-18-22-16-10-6-5-9-15(16)20(28)24-18)12-19(27)25-21-23-17(13-29-21)14-7-3-2-4-8-14/h2-10,13H,11-12H2,1H3,(H,22,24,28)(H,23,25,27). The number of hydrogen-bond donors (Lipinski definition) is 2. The first kappa shape index (κ1) is 19.0. The summed E-state index contributed by atoms with van der Waals surface area (Å²) in [6.07, 6.45) is 0. The predicted octanol–water partition coefficient (Wildman–Crippen LogP) is 3.12. The molecule has 0 aliphatic carbocycles. The maximum absolute atomic E-state index is 12.4. The number of nitrogens with one attached hydrogen (secondary N) is 2. The van der Waals surface area contributed by atoms with Crippen LogP contribution in [-0.2, 0) is 11.3 Å². The number of H-pyrrole nitrogens is 1. The van der Waals surface area contributed by atoms with Gasteiger partial charge in [0.1, 0.15) is 5.82 Å². The third-order valence-corrected chi connectivity index (χ3v) is 5.07. The number of carbonyl (C=O) groups is 1. The third kappa shape index (κ3) is 4.56. The van der Waals surface area contributed by atoms with Crippen molar-refractivity contribution >= 4 is 33.3 Å². The number of thiazole rings is 1. The van der Waals surface area contributed by atoms with Crippen molar-refractivity contribution < 1.29 is 4.79 Å². The van der Waals surface area contributed by atoms with E-state index in [0.717, 1.165) is 11.3 Å². The SMILES string of the molecule is CN(CC(=O)Nc1nc(-c2ccccc2)cs1)Cc1nc2ccccc2c(=O)[nH]1. The van der Waals surface area contributed by atoms with Gasteiger partial charge in [0, 0.05) is 10.9 Å². The van der Waals surface area contributed by atoms with Crippen molar-refractivity contribution in [3.8, 4) is 11.3 Å². The van der Waals surface area contributed by atoms with Crippen molar-refractivity contribution in [2.75, 3.05) is 18.9 Å². The van der Waals surface area contributed by atoms with Crippen LogP contribution in [0.25, 0.3) is 22.2 Å². The van der Waals surface area contributed by atoms with Gasteiger partial charge in [-0.25, -0.2) is 9.97 Å². The van der Waals surface area contributed by atoms with E-state index in [1.807, 2.05) is 41.8 Å². The minimum atomic E-state index is -0.181. The molecule has 4 rings (SSSR count). The molecule has 0 unspecified atom stereocenters. The van der Waals surface area contributed by atoms with Gasteiger partial charge in [0.2, 0.25) is 5.91 Å². The van der Waals surface area contributed by atoms with Crippen LogP contribution in [0, 0.1) is 0 Å². The van der Waals surface area contributed by atoms with E-state index in [1.165, 1.54) is 11.3 Å². The molecular weight excluding hydrogens is 386 g/mol. The average molecular weight is 405 g/mol. The molecule has 2 aromatic heterocycles. The molecule has 0 saturated carbocycles. The number of aromatic amines is 1. The first-order chi connectivity index (χ1) is 14.1. The molecule has 8 heteroatoms. The number of likely N-dealkylation sites (N-methyl/N-ethyl adjacent to an activating group) is 1. The zero-order chi connectivity index (χ0) is 20.2. The summed E-state index contributed by atoms with van der Waals surface area (Å²) < 4.78 is 0. The second kappa shape index (κ2) is 8.34. The Morgan fingerprint density at radius 3 is 2.69 bits per heavy atom. The summed E-state index contributed by atoms with van der Waals surface area (Å²) in [7, 11) is 1.80. The van der Waals surface area contributed by atoms with E-state index in [1.54, 1.807) is 30.1 Å². The zero-order valence-corrected chi connectivity index (χ0v) is 16.6. The van der Waals surface area contributed by atoms with Crippen LogP contribution in [0.4, 0.5) is 5.13 Å². The zero-order valence-electron chi connectivity index (χ0n) is 15.8. The summed E-state index contributed by atoms with van der Waals surface area (Å²) in [4.78, 5) is 38.0. The van der Waals surface area contributed by atoms with E-state index in [0.29, 0.717) is 28.4 Å². The Morgan fingerprint density at radius 2 is 1.86 bits per heavy atom. The van der Waals surface area contributed by atoms with Crippen molar-refractivity contribution in [1.29, 1.82) is 0 Å². The lowest BCUT2D eigenvalue weighted by Crippen LogP contribution is -2.31. The second-order valence-corrected chi connectivity index (χ2v) is 7.51. The van der Waals surface area contributed by atoms with Crippen LogP contribution >= 0.6 is 11.3 Å². The van der Waals surface area contributed by atoms with Gasteiger partial charge in [0.25, 0.3) is 5.56 Å². The lowest BCUT2D eigenvalue weighted by Gasteiger charge is -2.15. The fourth-order valence-electron chi connectivity index (χ4n) is 3.00. The highest BCUT2D eigenvalue weighted by atomic mass is 32.1. The van der Waals surface area contributed by atoms with Crippen molar-refractivity contribution in [1.82, 2.24) is 19.9 Å². The molecule has 0 bridgehead atoms. The Balaban J connectivity index is 1.38. The molecule has 0 radical (unpaired) electrons. The first-order valence-corrected chi connectivity index (χ1v) is 9.94. The number of benzene rings is 2. The fraction of sp³-hybridized carbons (Fsp3) is 0.143. The molecule has 7 nitrogen and oxygen atoms in total. The summed E-state index contributed by atoms with van der Waals surface area (Å²) in [6.45, 7) is 0.497. The molecule has 0 saturated heterocycles. The molecule has 0 aliphatic heterocycles. The van der Waals surface area contributed by atoms with Gasteiger partial charge in [-0.1, -0.05) is 42.5 Å². The van der Waals surface area contributed by atoms with Gasteiger partial charge in [-0.05, 0) is 19.2 Å². The van der Waals surface area contributed by atoms with Crippen molar-refractivity contribution in [3.63, 3.8) is 0 Å². The molecular formula is C21H19N5O2S. The van der Waals surface area contributed by atoms with E-state index < -0.39 is 0 Å². The van der Waals surface area contributed by atoms with Gasteiger partial charge in [0.05, 0.1) is 29.7 Å². The lowest BCUT2D eigenvalue weighted by molar-refractivity contribution is -0.117. The average Bonchev–Trinajstić information content (AvgIpc) is 3.17. The second-order valence-electron chi connectivity index (χ2n) is 6.65. The van der Waals surface area contributed by atoms with Crippen molar-refractivity contribution in [3.05, 3.63) is 76.2 Å². The highest BCUT2D eigenvalue weighted by Crippen LogP contribution is 2.24. The van der Waals surface area contributed by atoms with E-state index >= 15 is 0 Å². The molecule has 29 heavy (non-hydrogen) atoms. The molecule has 146 valence electrons. The quantitative estimate of drug-likeness (QED) is 0.514. The maximum Gasteiger partial charge on any atom is 0.258 e. The summed E-state index contributed by atoms with van der Waals surface area (Å²) in [5.74, 6) is 0.342. The molecule has 4 aromatic rings. The smallest absolute Gasteiger partial charge is 0.258 e. The first-order valence-electron chi connectivity index (χ1n) is 9.06. The lowest BCUT2D eigenvalue weighted by atomic mass is 10.2. The predicted molar refractivity (Wildman–Crippen MR) is 115 cm³/mol. The van der Waals surface area contributed by atoms with Gasteiger partial charge >= 0.3 is 0 Å².